The molecule has 0 radical (unpaired) electrons. The quantitative estimate of drug-likeness (QED) is 0.515. The molecule has 30 heavy (non-hydrogen) atoms. The average molecular weight is 441 g/mol. The monoisotopic (exact) mass is 440 g/mol. The highest BCUT2D eigenvalue weighted by Crippen LogP contribution is 2.29. The summed E-state index contributed by atoms with van der Waals surface area (Å²) in [5.41, 5.74) is 7.69. The van der Waals surface area contributed by atoms with E-state index in [-0.39, 0.29) is 18.5 Å². The van der Waals surface area contributed by atoms with Crippen LogP contribution in [0.5, 0.6) is 5.88 Å². The molecule has 0 atom stereocenters. The van der Waals surface area contributed by atoms with Gasteiger partial charge in [0.05, 0.1) is 6.10 Å². The molecule has 0 saturated carbocycles. The summed E-state index contributed by atoms with van der Waals surface area (Å²) in [7, 11) is 0. The van der Waals surface area contributed by atoms with Crippen LogP contribution in [0.4, 0.5) is 5.82 Å². The van der Waals surface area contributed by atoms with Gasteiger partial charge in [0.1, 0.15) is 16.9 Å². The summed E-state index contributed by atoms with van der Waals surface area (Å²) in [5, 5.41) is 11.9. The number of unbranched alkanes of at least 4 members (excludes halogenated alkanes) is 2. The van der Waals surface area contributed by atoms with Crippen molar-refractivity contribution in [2.45, 2.75) is 84.4 Å². The van der Waals surface area contributed by atoms with Crippen molar-refractivity contribution in [3.63, 3.8) is 0 Å². The van der Waals surface area contributed by atoms with Crippen molar-refractivity contribution in [3.05, 3.63) is 5.82 Å². The van der Waals surface area contributed by atoms with Crippen LogP contribution in [0.25, 0.3) is 11.0 Å². The lowest BCUT2D eigenvalue weighted by molar-refractivity contribution is 0.0780. The summed E-state index contributed by atoms with van der Waals surface area (Å²) in [4.78, 5) is 4.82. The molecule has 2 aromatic heterocycles. The number of imidazole rings is 1. The minimum absolute atomic E-state index is 0. The number of hydrogen-bond acceptors (Lipinski definition) is 7. The number of nitrogens with two attached hydrogens (primary N) is 1. The van der Waals surface area contributed by atoms with Crippen LogP contribution in [0, 0.1) is 0 Å². The summed E-state index contributed by atoms with van der Waals surface area (Å²) < 4.78 is 13.6. The van der Waals surface area contributed by atoms with Crippen LogP contribution >= 0.6 is 12.4 Å². The first-order chi connectivity index (χ1) is 14.1. The summed E-state index contributed by atoms with van der Waals surface area (Å²) in [5.74, 6) is 1.95. The molecule has 3 N–H and O–H groups in total. The normalized spacial score (nSPS) is 14.9. The van der Waals surface area contributed by atoms with Crippen LogP contribution < -0.4 is 15.8 Å². The Bertz CT molecular complexity index is 776. The molecule has 0 amide bonds. The van der Waals surface area contributed by atoms with Crippen LogP contribution in [0.2, 0.25) is 0 Å². The van der Waals surface area contributed by atoms with Crippen molar-refractivity contribution in [1.82, 2.24) is 25.1 Å². The summed E-state index contributed by atoms with van der Waals surface area (Å²) in [6.45, 7) is 9.83. The first kappa shape index (κ1) is 24.6. The smallest absolute Gasteiger partial charge is 0.260 e. The van der Waals surface area contributed by atoms with E-state index < -0.39 is 0 Å². The maximum Gasteiger partial charge on any atom is 0.260 e. The van der Waals surface area contributed by atoms with E-state index in [4.69, 9.17) is 20.2 Å². The summed E-state index contributed by atoms with van der Waals surface area (Å²) in [6.07, 6.45) is 7.55. The zero-order valence-electron chi connectivity index (χ0n) is 18.5. The molecule has 170 valence electrons. The van der Waals surface area contributed by atoms with Gasteiger partial charge >= 0.3 is 0 Å². The second kappa shape index (κ2) is 12.3. The lowest BCUT2D eigenvalue weighted by Gasteiger charge is -2.23. The molecule has 0 aromatic carbocycles. The largest absolute Gasteiger partial charge is 0.472 e. The molecular formula is C21H37ClN6O2. The van der Waals surface area contributed by atoms with Gasteiger partial charge in [0.2, 0.25) is 0 Å². The standard InChI is InChI=1S/C21H36N6O2.ClH/c1-4-5-8-17-24-18-19(21(29-15(2)3)26-25-20(18)22)27(17)12-7-6-11-23-16-9-13-28-14-10-16;/h15-16,23H,4-14H2,1-3H3,(H2,22,25);1H. The van der Waals surface area contributed by atoms with Gasteiger partial charge < -0.3 is 25.1 Å². The molecule has 0 bridgehead atoms. The fourth-order valence-corrected chi connectivity index (χ4v) is 3.76. The molecule has 1 saturated heterocycles. The van der Waals surface area contributed by atoms with Gasteiger partial charge in [0, 0.05) is 32.2 Å². The highest BCUT2D eigenvalue weighted by molar-refractivity contribution is 5.88. The highest BCUT2D eigenvalue weighted by Gasteiger charge is 2.20. The fraction of sp³-hybridized carbons (Fsp3) is 0.762. The maximum absolute atomic E-state index is 6.10. The molecule has 1 fully saturated rings. The van der Waals surface area contributed by atoms with Crippen molar-refractivity contribution in [2.24, 2.45) is 0 Å². The Morgan fingerprint density at radius 2 is 1.97 bits per heavy atom. The molecule has 2 aromatic rings. The van der Waals surface area contributed by atoms with Gasteiger partial charge in [0.25, 0.3) is 5.88 Å². The van der Waals surface area contributed by atoms with E-state index in [1.54, 1.807) is 0 Å². The number of rotatable bonds is 11. The van der Waals surface area contributed by atoms with Crippen molar-refractivity contribution >= 4 is 29.3 Å². The van der Waals surface area contributed by atoms with E-state index in [0.717, 1.165) is 82.6 Å². The number of nitrogens with zero attached hydrogens (tertiary/aromatic N) is 4. The molecule has 3 rings (SSSR count). The SMILES string of the molecule is CCCCc1nc2c(N)nnc(OC(C)C)c2n1CCCCNC1CCOCC1.Cl. The molecule has 9 heteroatoms. The second-order valence-electron chi connectivity index (χ2n) is 8.09. The average Bonchev–Trinajstić information content (AvgIpc) is 3.08. The Labute approximate surface area is 185 Å². The third kappa shape index (κ3) is 6.43. The number of halogens is 1. The summed E-state index contributed by atoms with van der Waals surface area (Å²) in [6, 6.07) is 0.596. The van der Waals surface area contributed by atoms with Crippen LogP contribution in [0.3, 0.4) is 0 Å². The van der Waals surface area contributed by atoms with Crippen LogP contribution in [0.1, 0.15) is 65.1 Å². The Hall–Kier alpha value is -1.64. The zero-order valence-corrected chi connectivity index (χ0v) is 19.3. The van der Waals surface area contributed by atoms with E-state index in [9.17, 15) is 0 Å². The number of nitrogen functional groups attached to an aromatic ring is 1. The Balaban J connectivity index is 0.00000320. The molecule has 0 aliphatic carbocycles. The van der Waals surface area contributed by atoms with Crippen molar-refractivity contribution < 1.29 is 9.47 Å². The zero-order chi connectivity index (χ0) is 20.6. The predicted octanol–water partition coefficient (Wildman–Crippen LogP) is 3.51. The molecule has 1 aliphatic rings. The van der Waals surface area contributed by atoms with Gasteiger partial charge in [-0.05, 0) is 52.5 Å². The molecule has 0 unspecified atom stereocenters. The lowest BCUT2D eigenvalue weighted by atomic mass is 10.1. The van der Waals surface area contributed by atoms with Crippen molar-refractivity contribution in [3.8, 4) is 5.88 Å². The Morgan fingerprint density at radius 1 is 1.20 bits per heavy atom. The van der Waals surface area contributed by atoms with Gasteiger partial charge in [0.15, 0.2) is 5.82 Å². The van der Waals surface area contributed by atoms with Crippen LogP contribution in [-0.4, -0.2) is 51.7 Å². The number of anilines is 1. The van der Waals surface area contributed by atoms with E-state index in [1.807, 2.05) is 13.8 Å². The van der Waals surface area contributed by atoms with Crippen LogP contribution in [-0.2, 0) is 17.7 Å². The third-order valence-corrected chi connectivity index (χ3v) is 5.30. The number of hydrogen-bond donors (Lipinski definition) is 2. The summed E-state index contributed by atoms with van der Waals surface area (Å²) >= 11 is 0. The minimum atomic E-state index is 0. The number of aromatic nitrogens is 4. The molecule has 8 nitrogen and oxygen atoms in total. The molecule has 1 aliphatic heterocycles. The van der Waals surface area contributed by atoms with Crippen molar-refractivity contribution in [1.29, 1.82) is 0 Å². The van der Waals surface area contributed by atoms with E-state index in [0.29, 0.717) is 23.3 Å². The van der Waals surface area contributed by atoms with E-state index in [1.165, 1.54) is 0 Å². The third-order valence-electron chi connectivity index (χ3n) is 5.30. The Morgan fingerprint density at radius 3 is 2.67 bits per heavy atom. The fourth-order valence-electron chi connectivity index (χ4n) is 3.76. The first-order valence-corrected chi connectivity index (χ1v) is 11.1. The Kier molecular flexibility index (Phi) is 10.1. The van der Waals surface area contributed by atoms with Gasteiger partial charge in [-0.3, -0.25) is 0 Å². The number of nitrogens with one attached hydrogen (secondary N) is 1. The maximum atomic E-state index is 6.10. The predicted molar refractivity (Wildman–Crippen MR) is 122 cm³/mol. The van der Waals surface area contributed by atoms with Crippen molar-refractivity contribution in [2.75, 3.05) is 25.5 Å². The van der Waals surface area contributed by atoms with Gasteiger partial charge in [-0.1, -0.05) is 13.3 Å². The topological polar surface area (TPSA) is 100 Å². The van der Waals surface area contributed by atoms with E-state index in [2.05, 4.69) is 27.0 Å². The van der Waals surface area contributed by atoms with E-state index >= 15 is 0 Å². The molecule has 0 spiro atoms. The second-order valence-corrected chi connectivity index (χ2v) is 8.09. The molecule has 3 heterocycles. The van der Waals surface area contributed by atoms with Gasteiger partial charge in [-0.25, -0.2) is 4.98 Å². The highest BCUT2D eigenvalue weighted by atomic mass is 35.5. The van der Waals surface area contributed by atoms with Crippen LogP contribution in [0.15, 0.2) is 0 Å². The number of fused-ring (bicyclic) bond motifs is 1. The lowest BCUT2D eigenvalue weighted by Crippen LogP contribution is -2.35. The number of aryl methyl sites for hydroxylation is 2. The first-order valence-electron chi connectivity index (χ1n) is 11.1. The number of ether oxygens (including phenoxy) is 2. The van der Waals surface area contributed by atoms with Gasteiger partial charge in [-0.2, -0.15) is 0 Å². The molecular weight excluding hydrogens is 404 g/mol. The van der Waals surface area contributed by atoms with Gasteiger partial charge in [-0.15, -0.1) is 22.6 Å². The minimum Gasteiger partial charge on any atom is -0.472 e.